The molecule has 0 amide bonds. The fourth-order valence-electron chi connectivity index (χ4n) is 3.50. The maximum Gasteiger partial charge on any atom is 0.0817 e. The van der Waals surface area contributed by atoms with Crippen LogP contribution in [0.4, 0.5) is 0 Å². The molecule has 0 spiro atoms. The maximum atomic E-state index is 10.6. The van der Waals surface area contributed by atoms with Crippen molar-refractivity contribution in [3.05, 3.63) is 34.9 Å². The maximum absolute atomic E-state index is 10.6. The molecule has 1 fully saturated rings. The lowest BCUT2D eigenvalue weighted by Gasteiger charge is -2.35. The summed E-state index contributed by atoms with van der Waals surface area (Å²) in [5, 5.41) is 10.6. The van der Waals surface area contributed by atoms with Gasteiger partial charge in [-0.15, -0.1) is 0 Å². The Morgan fingerprint density at radius 3 is 2.75 bits per heavy atom. The van der Waals surface area contributed by atoms with Gasteiger partial charge in [0.05, 0.1) is 5.60 Å². The Morgan fingerprint density at radius 1 is 1.20 bits per heavy atom. The molecule has 1 saturated heterocycles. The lowest BCUT2D eigenvalue weighted by molar-refractivity contribution is -0.0777. The quantitative estimate of drug-likeness (QED) is 0.914. The van der Waals surface area contributed by atoms with Crippen LogP contribution in [0.15, 0.2) is 18.2 Å². The van der Waals surface area contributed by atoms with Crippen LogP contribution in [0.25, 0.3) is 0 Å². The zero-order chi connectivity index (χ0) is 14.0. The first-order valence-electron chi connectivity index (χ1n) is 7.74. The molecule has 3 rings (SSSR count). The molecular formula is C17H25NO2. The summed E-state index contributed by atoms with van der Waals surface area (Å²) in [4.78, 5) is 2.24. The number of ether oxygens (including phenoxy) is 1. The van der Waals surface area contributed by atoms with Crippen LogP contribution in [0, 0.1) is 0 Å². The van der Waals surface area contributed by atoms with Gasteiger partial charge >= 0.3 is 0 Å². The third-order valence-electron chi connectivity index (χ3n) is 4.60. The second-order valence-electron chi connectivity index (χ2n) is 6.47. The fraction of sp³-hybridized carbons (Fsp3) is 0.647. The molecule has 0 saturated carbocycles. The highest BCUT2D eigenvalue weighted by molar-refractivity contribution is 5.35. The highest BCUT2D eigenvalue weighted by atomic mass is 16.5. The topological polar surface area (TPSA) is 32.7 Å². The number of rotatable bonds is 4. The van der Waals surface area contributed by atoms with Crippen LogP contribution in [0.3, 0.4) is 0 Å². The lowest BCUT2D eigenvalue weighted by atomic mass is 9.93. The van der Waals surface area contributed by atoms with Crippen molar-refractivity contribution >= 4 is 0 Å². The van der Waals surface area contributed by atoms with Crippen LogP contribution >= 0.6 is 0 Å². The highest BCUT2D eigenvalue weighted by Gasteiger charge is 2.30. The van der Waals surface area contributed by atoms with Crippen LogP contribution < -0.4 is 0 Å². The van der Waals surface area contributed by atoms with Crippen LogP contribution in [-0.4, -0.2) is 42.4 Å². The van der Waals surface area contributed by atoms with Crippen LogP contribution in [0.1, 0.15) is 36.0 Å². The average molecular weight is 275 g/mol. The molecule has 1 N–H and O–H groups in total. The first-order chi connectivity index (χ1) is 9.65. The van der Waals surface area contributed by atoms with Gasteiger partial charge in [0.2, 0.25) is 0 Å². The van der Waals surface area contributed by atoms with Crippen molar-refractivity contribution in [2.75, 3.05) is 26.8 Å². The van der Waals surface area contributed by atoms with Crippen molar-refractivity contribution in [1.29, 1.82) is 0 Å². The summed E-state index contributed by atoms with van der Waals surface area (Å²) in [6.45, 7) is 3.01. The van der Waals surface area contributed by atoms with E-state index in [2.05, 4.69) is 30.1 Å². The number of hydrogen-bond donors (Lipinski definition) is 1. The molecule has 0 bridgehead atoms. The second-order valence-corrected chi connectivity index (χ2v) is 6.47. The molecule has 1 aliphatic heterocycles. The van der Waals surface area contributed by atoms with Crippen LogP contribution in [-0.2, 0) is 24.1 Å². The summed E-state index contributed by atoms with van der Waals surface area (Å²) in [5.41, 5.74) is 3.85. The van der Waals surface area contributed by atoms with Gasteiger partial charge in [0, 0.05) is 39.1 Å². The molecule has 1 aromatic rings. The second kappa shape index (κ2) is 5.84. The van der Waals surface area contributed by atoms with Gasteiger partial charge < -0.3 is 9.84 Å². The molecule has 1 heterocycles. The lowest BCUT2D eigenvalue weighted by Crippen LogP contribution is -2.45. The van der Waals surface area contributed by atoms with Gasteiger partial charge in [-0.3, -0.25) is 4.90 Å². The number of likely N-dealkylation sites (N-methyl/N-ethyl adjacent to an activating group) is 1. The molecule has 20 heavy (non-hydrogen) atoms. The van der Waals surface area contributed by atoms with Crippen LogP contribution in [0.2, 0.25) is 0 Å². The third kappa shape index (κ3) is 3.22. The van der Waals surface area contributed by atoms with Gasteiger partial charge in [0.1, 0.15) is 0 Å². The molecule has 0 unspecified atom stereocenters. The highest BCUT2D eigenvalue weighted by Crippen LogP contribution is 2.25. The van der Waals surface area contributed by atoms with E-state index in [-0.39, 0.29) is 0 Å². The summed E-state index contributed by atoms with van der Waals surface area (Å²) < 4.78 is 5.34. The zero-order valence-electron chi connectivity index (χ0n) is 12.4. The van der Waals surface area contributed by atoms with E-state index >= 15 is 0 Å². The molecule has 3 heteroatoms. The number of fused-ring (bicyclic) bond motifs is 1. The number of aliphatic hydroxyl groups is 1. The van der Waals surface area contributed by atoms with E-state index in [1.54, 1.807) is 0 Å². The smallest absolute Gasteiger partial charge is 0.0817 e. The van der Waals surface area contributed by atoms with Crippen molar-refractivity contribution in [2.45, 2.75) is 44.2 Å². The number of benzene rings is 1. The minimum Gasteiger partial charge on any atom is -0.388 e. The summed E-state index contributed by atoms with van der Waals surface area (Å²) in [6, 6.07) is 6.89. The summed E-state index contributed by atoms with van der Waals surface area (Å²) >= 11 is 0. The first kappa shape index (κ1) is 14.1. The van der Waals surface area contributed by atoms with Gasteiger partial charge in [-0.2, -0.15) is 0 Å². The fourth-order valence-corrected chi connectivity index (χ4v) is 3.50. The summed E-state index contributed by atoms with van der Waals surface area (Å²) in [5.74, 6) is 0. The van der Waals surface area contributed by atoms with Gasteiger partial charge in [-0.1, -0.05) is 18.2 Å². The van der Waals surface area contributed by atoms with Gasteiger partial charge in [-0.25, -0.2) is 0 Å². The molecule has 3 nitrogen and oxygen atoms in total. The van der Waals surface area contributed by atoms with E-state index in [1.165, 1.54) is 36.0 Å². The molecule has 110 valence electrons. The van der Waals surface area contributed by atoms with E-state index in [4.69, 9.17) is 4.74 Å². The van der Waals surface area contributed by atoms with E-state index < -0.39 is 5.60 Å². The predicted octanol–water partition coefficient (Wildman–Crippen LogP) is 2.15. The molecule has 0 aromatic heterocycles. The van der Waals surface area contributed by atoms with E-state index in [0.29, 0.717) is 13.2 Å². The molecule has 1 aliphatic carbocycles. The minimum atomic E-state index is -0.566. The largest absolute Gasteiger partial charge is 0.388 e. The van der Waals surface area contributed by atoms with Crippen LogP contribution in [0.5, 0.6) is 0 Å². The van der Waals surface area contributed by atoms with Crippen molar-refractivity contribution in [1.82, 2.24) is 4.90 Å². The van der Waals surface area contributed by atoms with Crippen molar-refractivity contribution in [2.24, 2.45) is 0 Å². The number of nitrogens with zero attached hydrogens (tertiary/aromatic N) is 1. The Hall–Kier alpha value is -0.900. The summed E-state index contributed by atoms with van der Waals surface area (Å²) in [7, 11) is 2.10. The van der Waals surface area contributed by atoms with Crippen molar-refractivity contribution < 1.29 is 9.84 Å². The Kier molecular flexibility index (Phi) is 4.11. The molecule has 1 aromatic carbocycles. The van der Waals surface area contributed by atoms with Gasteiger partial charge in [0.25, 0.3) is 0 Å². The van der Waals surface area contributed by atoms with E-state index in [1.807, 2.05) is 0 Å². The standard InChI is InChI=1S/C17H25NO2/c1-18(13-17(19)7-9-20-10-8-17)12-14-5-6-15-3-2-4-16(15)11-14/h5-6,11,19H,2-4,7-10,12-13H2,1H3. The number of aryl methyl sites for hydroxylation is 2. The third-order valence-corrected chi connectivity index (χ3v) is 4.60. The van der Waals surface area contributed by atoms with Crippen molar-refractivity contribution in [3.63, 3.8) is 0 Å². The Labute approximate surface area is 121 Å². The van der Waals surface area contributed by atoms with Crippen molar-refractivity contribution in [3.8, 4) is 0 Å². The molecule has 0 radical (unpaired) electrons. The zero-order valence-corrected chi connectivity index (χ0v) is 12.4. The molecule has 0 atom stereocenters. The average Bonchev–Trinajstić information content (AvgIpc) is 2.86. The normalized spacial score (nSPS) is 21.1. The Balaban J connectivity index is 1.59. The van der Waals surface area contributed by atoms with Gasteiger partial charge in [0.15, 0.2) is 0 Å². The minimum absolute atomic E-state index is 0.566. The Bertz CT molecular complexity index is 466. The Morgan fingerprint density at radius 2 is 1.95 bits per heavy atom. The predicted molar refractivity (Wildman–Crippen MR) is 79.8 cm³/mol. The van der Waals surface area contributed by atoms with E-state index in [0.717, 1.165) is 25.9 Å². The summed E-state index contributed by atoms with van der Waals surface area (Å²) in [6.07, 6.45) is 5.27. The van der Waals surface area contributed by atoms with Gasteiger partial charge in [-0.05, 0) is 43.0 Å². The van der Waals surface area contributed by atoms with E-state index in [9.17, 15) is 5.11 Å². The molecule has 2 aliphatic rings. The molecular weight excluding hydrogens is 250 g/mol. The number of hydrogen-bond acceptors (Lipinski definition) is 3. The monoisotopic (exact) mass is 275 g/mol. The SMILES string of the molecule is CN(Cc1ccc2c(c1)CCC2)CC1(O)CCOCC1. The first-order valence-corrected chi connectivity index (χ1v) is 7.74.